The number of hydrogen-bond acceptors (Lipinski definition) is 4. The number of benzene rings is 1. The van der Waals surface area contributed by atoms with Gasteiger partial charge < -0.3 is 15.1 Å². The molecule has 1 fully saturated rings. The van der Waals surface area contributed by atoms with Crippen LogP contribution in [0.15, 0.2) is 18.2 Å². The average Bonchev–Trinajstić information content (AvgIpc) is 2.78. The lowest BCUT2D eigenvalue weighted by atomic mass is 9.83. The Labute approximate surface area is 115 Å². The van der Waals surface area contributed by atoms with Crippen molar-refractivity contribution in [2.75, 3.05) is 20.1 Å². The zero-order chi connectivity index (χ0) is 14.9. The van der Waals surface area contributed by atoms with Crippen molar-refractivity contribution in [3.63, 3.8) is 0 Å². The van der Waals surface area contributed by atoms with Crippen LogP contribution in [0.1, 0.15) is 32.2 Å². The predicted molar refractivity (Wildman–Crippen MR) is 69.7 cm³/mol. The van der Waals surface area contributed by atoms with Crippen LogP contribution in [-0.4, -0.2) is 47.2 Å². The topological polar surface area (TPSA) is 102 Å². The molecule has 0 aliphatic carbocycles. The minimum atomic E-state index is -1.17. The molecule has 1 saturated heterocycles. The van der Waals surface area contributed by atoms with Gasteiger partial charge in [0.15, 0.2) is 0 Å². The molecular formula is C14H14N2O4. The molecule has 1 aromatic rings. The number of nitrogens with zero attached hydrogens (tertiary/aromatic N) is 2. The van der Waals surface area contributed by atoms with Crippen LogP contribution < -0.4 is 0 Å². The number of rotatable bonds is 3. The smallest absolute Gasteiger partial charge is 0.336 e. The number of likely N-dealkylation sites (N-methyl/N-ethyl adjacent to an activating group) is 1. The first kappa shape index (κ1) is 14.0. The van der Waals surface area contributed by atoms with E-state index in [-0.39, 0.29) is 16.7 Å². The number of hydrogen-bond donors (Lipinski definition) is 2. The molecule has 1 aromatic carbocycles. The number of carboxylic acids is 2. The molecule has 0 spiro atoms. The van der Waals surface area contributed by atoms with Gasteiger partial charge in [0.2, 0.25) is 0 Å². The van der Waals surface area contributed by atoms with E-state index >= 15 is 0 Å². The van der Waals surface area contributed by atoms with Crippen LogP contribution in [0.4, 0.5) is 0 Å². The molecule has 0 aromatic heterocycles. The van der Waals surface area contributed by atoms with Gasteiger partial charge in [0.05, 0.1) is 23.1 Å². The Morgan fingerprint density at radius 1 is 1.25 bits per heavy atom. The zero-order valence-electron chi connectivity index (χ0n) is 10.9. The van der Waals surface area contributed by atoms with Gasteiger partial charge in [-0.05, 0) is 24.7 Å². The van der Waals surface area contributed by atoms with Crippen molar-refractivity contribution >= 4 is 11.9 Å². The summed E-state index contributed by atoms with van der Waals surface area (Å²) >= 11 is 0. The summed E-state index contributed by atoms with van der Waals surface area (Å²) in [5, 5.41) is 27.7. The molecule has 0 saturated carbocycles. The third-order valence-corrected chi connectivity index (χ3v) is 3.61. The highest BCUT2D eigenvalue weighted by atomic mass is 16.4. The maximum absolute atomic E-state index is 11.3. The normalized spacial score (nSPS) is 22.4. The van der Waals surface area contributed by atoms with Gasteiger partial charge in [0, 0.05) is 19.0 Å². The molecule has 1 aliphatic heterocycles. The highest BCUT2D eigenvalue weighted by Gasteiger charge is 2.36. The molecule has 0 bridgehead atoms. The highest BCUT2D eigenvalue weighted by Crippen LogP contribution is 2.35. The molecule has 2 N–H and O–H groups in total. The van der Waals surface area contributed by atoms with Crippen LogP contribution in [0.25, 0.3) is 0 Å². The Bertz CT molecular complexity index is 573. The number of likely N-dealkylation sites (tertiary alicyclic amines) is 1. The molecule has 6 heteroatoms. The summed E-state index contributed by atoms with van der Waals surface area (Å²) in [7, 11) is 1.83. The molecule has 1 aliphatic rings. The molecule has 2 atom stereocenters. The Hall–Kier alpha value is -2.39. The van der Waals surface area contributed by atoms with Gasteiger partial charge in [-0.15, -0.1) is 0 Å². The third-order valence-electron chi connectivity index (χ3n) is 3.61. The van der Waals surface area contributed by atoms with Crippen LogP contribution in [0.2, 0.25) is 0 Å². The summed E-state index contributed by atoms with van der Waals surface area (Å²) < 4.78 is 0. The molecule has 2 rings (SSSR count). The van der Waals surface area contributed by atoms with Crippen LogP contribution in [0, 0.1) is 17.2 Å². The summed E-state index contributed by atoms with van der Waals surface area (Å²) in [6.45, 7) is 0.983. The monoisotopic (exact) mass is 274 g/mol. The van der Waals surface area contributed by atoms with Crippen molar-refractivity contribution in [2.24, 2.45) is 5.92 Å². The number of nitriles is 1. The van der Waals surface area contributed by atoms with Crippen LogP contribution in [-0.2, 0) is 0 Å². The van der Waals surface area contributed by atoms with Gasteiger partial charge >= 0.3 is 11.9 Å². The molecule has 6 nitrogen and oxygen atoms in total. The summed E-state index contributed by atoms with van der Waals surface area (Å²) in [5.74, 6) is -3.15. The fraction of sp³-hybridized carbons (Fsp3) is 0.357. The maximum Gasteiger partial charge on any atom is 0.336 e. The number of carbonyl (C=O) groups is 2. The third kappa shape index (κ3) is 2.36. The van der Waals surface area contributed by atoms with Gasteiger partial charge in [-0.3, -0.25) is 0 Å². The van der Waals surface area contributed by atoms with Crippen molar-refractivity contribution in [3.05, 3.63) is 34.9 Å². The van der Waals surface area contributed by atoms with E-state index in [1.165, 1.54) is 18.2 Å². The van der Waals surface area contributed by atoms with Crippen LogP contribution in [0.5, 0.6) is 0 Å². The molecule has 20 heavy (non-hydrogen) atoms. The SMILES string of the molecule is CN1CC(C#N)C(c2c(C(=O)O)cccc2C(=O)O)C1. The van der Waals surface area contributed by atoms with Crippen molar-refractivity contribution in [1.82, 2.24) is 4.90 Å². The molecule has 0 amide bonds. The van der Waals surface area contributed by atoms with E-state index in [9.17, 15) is 25.1 Å². The second kappa shape index (κ2) is 5.31. The van der Waals surface area contributed by atoms with Crippen molar-refractivity contribution in [2.45, 2.75) is 5.92 Å². The van der Waals surface area contributed by atoms with E-state index < -0.39 is 23.8 Å². The van der Waals surface area contributed by atoms with Crippen LogP contribution in [0.3, 0.4) is 0 Å². The molecular weight excluding hydrogens is 260 g/mol. The molecule has 0 radical (unpaired) electrons. The Balaban J connectivity index is 2.62. The van der Waals surface area contributed by atoms with Gasteiger partial charge in [-0.2, -0.15) is 5.26 Å². The Morgan fingerprint density at radius 3 is 2.25 bits per heavy atom. The van der Waals surface area contributed by atoms with E-state index in [0.717, 1.165) is 0 Å². The quantitative estimate of drug-likeness (QED) is 0.860. The minimum absolute atomic E-state index is 0.0366. The second-order valence-electron chi connectivity index (χ2n) is 4.94. The second-order valence-corrected chi connectivity index (χ2v) is 4.94. The lowest BCUT2D eigenvalue weighted by molar-refractivity contribution is 0.0694. The summed E-state index contributed by atoms with van der Waals surface area (Å²) in [5.41, 5.74) is 0.180. The minimum Gasteiger partial charge on any atom is -0.478 e. The van der Waals surface area contributed by atoms with Gasteiger partial charge in [-0.1, -0.05) is 6.07 Å². The van der Waals surface area contributed by atoms with Gasteiger partial charge in [0.1, 0.15) is 0 Å². The van der Waals surface area contributed by atoms with Crippen molar-refractivity contribution in [1.29, 1.82) is 5.26 Å². The van der Waals surface area contributed by atoms with Crippen LogP contribution >= 0.6 is 0 Å². The fourth-order valence-electron chi connectivity index (χ4n) is 2.76. The summed E-state index contributed by atoms with van der Waals surface area (Å²) in [6.07, 6.45) is 0. The van der Waals surface area contributed by atoms with E-state index in [1.807, 2.05) is 11.9 Å². The molecule has 1 heterocycles. The molecule has 104 valence electrons. The fourth-order valence-corrected chi connectivity index (χ4v) is 2.76. The first-order valence-corrected chi connectivity index (χ1v) is 6.13. The van der Waals surface area contributed by atoms with Gasteiger partial charge in [0.25, 0.3) is 0 Å². The zero-order valence-corrected chi connectivity index (χ0v) is 10.9. The van der Waals surface area contributed by atoms with E-state index in [2.05, 4.69) is 6.07 Å². The predicted octanol–water partition coefficient (Wildman–Crippen LogP) is 1.25. The van der Waals surface area contributed by atoms with Crippen molar-refractivity contribution < 1.29 is 19.8 Å². The largest absolute Gasteiger partial charge is 0.478 e. The van der Waals surface area contributed by atoms with E-state index in [4.69, 9.17) is 0 Å². The Morgan fingerprint density at radius 2 is 1.80 bits per heavy atom. The number of aromatic carboxylic acids is 2. The summed E-state index contributed by atoms with van der Waals surface area (Å²) in [4.78, 5) is 24.6. The summed E-state index contributed by atoms with van der Waals surface area (Å²) in [6, 6.07) is 6.33. The van der Waals surface area contributed by atoms with E-state index in [1.54, 1.807) is 0 Å². The average molecular weight is 274 g/mol. The Kier molecular flexibility index (Phi) is 3.72. The standard InChI is InChI=1S/C14H14N2O4/c1-16-6-8(5-15)11(7-16)12-9(13(17)18)3-2-4-10(12)14(19)20/h2-4,8,11H,6-7H2,1H3,(H,17,18)(H,19,20). The number of carboxylic acid groups (broad SMARTS) is 2. The first-order valence-electron chi connectivity index (χ1n) is 6.13. The first-order chi connectivity index (χ1) is 9.45. The van der Waals surface area contributed by atoms with Gasteiger partial charge in [-0.25, -0.2) is 9.59 Å². The highest BCUT2D eigenvalue weighted by molar-refractivity contribution is 5.97. The van der Waals surface area contributed by atoms with E-state index in [0.29, 0.717) is 13.1 Å². The lowest BCUT2D eigenvalue weighted by Gasteiger charge is -2.18. The molecule has 2 unspecified atom stereocenters. The maximum atomic E-state index is 11.3. The lowest BCUT2D eigenvalue weighted by Crippen LogP contribution is -2.18. The van der Waals surface area contributed by atoms with Crippen molar-refractivity contribution in [3.8, 4) is 6.07 Å².